The van der Waals surface area contributed by atoms with E-state index >= 15 is 0 Å². The van der Waals surface area contributed by atoms with Gasteiger partial charge >= 0.3 is 11.9 Å². The molecule has 0 N–H and O–H groups in total. The first-order valence-corrected chi connectivity index (χ1v) is 6.47. The highest BCUT2D eigenvalue weighted by molar-refractivity contribution is 9.10. The van der Waals surface area contributed by atoms with E-state index in [1.54, 1.807) is 13.8 Å². The summed E-state index contributed by atoms with van der Waals surface area (Å²) in [4.78, 5) is 21.4. The third kappa shape index (κ3) is 6.14. The molecule has 0 aromatic heterocycles. The van der Waals surface area contributed by atoms with Crippen LogP contribution < -0.4 is 0 Å². The molecule has 0 amide bonds. The molecule has 0 heterocycles. The molecule has 0 saturated heterocycles. The third-order valence-electron chi connectivity index (χ3n) is 1.50. The molecule has 0 fully saturated rings. The molecular formula is C9H14Br2O4. The predicted octanol–water partition coefficient (Wildman–Crippen LogP) is 2.03. The largest absolute Gasteiger partial charge is 0.465 e. The zero-order valence-corrected chi connectivity index (χ0v) is 11.8. The van der Waals surface area contributed by atoms with Gasteiger partial charge in [-0.3, -0.25) is 9.59 Å². The van der Waals surface area contributed by atoms with Crippen LogP contribution in [0.25, 0.3) is 0 Å². The number of esters is 2. The van der Waals surface area contributed by atoms with Gasteiger partial charge in [0.05, 0.1) is 13.2 Å². The first kappa shape index (κ1) is 14.9. The Morgan fingerprint density at radius 2 is 1.33 bits per heavy atom. The Balaban J connectivity index is 3.99. The molecule has 0 bridgehead atoms. The predicted molar refractivity (Wildman–Crippen MR) is 63.3 cm³/mol. The van der Waals surface area contributed by atoms with Crippen LogP contribution in [-0.4, -0.2) is 34.8 Å². The van der Waals surface area contributed by atoms with Gasteiger partial charge in [-0.2, -0.15) is 0 Å². The fourth-order valence-corrected chi connectivity index (χ4v) is 2.35. The Morgan fingerprint density at radius 3 is 1.60 bits per heavy atom. The van der Waals surface area contributed by atoms with Crippen LogP contribution in [-0.2, 0) is 19.1 Å². The Hall–Kier alpha value is -0.100. The topological polar surface area (TPSA) is 52.6 Å². The maximum atomic E-state index is 11.2. The van der Waals surface area contributed by atoms with Gasteiger partial charge in [-0.15, -0.1) is 0 Å². The van der Waals surface area contributed by atoms with E-state index in [1.165, 1.54) is 0 Å². The number of ether oxygens (including phenoxy) is 2. The molecule has 0 aliphatic rings. The average Bonchev–Trinajstić information content (AvgIpc) is 2.18. The van der Waals surface area contributed by atoms with Crippen LogP contribution in [0.15, 0.2) is 0 Å². The van der Waals surface area contributed by atoms with Crippen LogP contribution in [0, 0.1) is 0 Å². The van der Waals surface area contributed by atoms with Gasteiger partial charge in [0.1, 0.15) is 9.65 Å². The SMILES string of the molecule is CCOC(=O)C(Br)C[C@@H](Br)C(=O)OCC. The number of halogens is 2. The Labute approximate surface area is 106 Å². The van der Waals surface area contributed by atoms with Crippen molar-refractivity contribution in [3.63, 3.8) is 0 Å². The van der Waals surface area contributed by atoms with E-state index < -0.39 is 9.65 Å². The van der Waals surface area contributed by atoms with Crippen LogP contribution in [0.5, 0.6) is 0 Å². The molecule has 1 unspecified atom stereocenters. The molecule has 0 spiro atoms. The van der Waals surface area contributed by atoms with Crippen molar-refractivity contribution >= 4 is 43.8 Å². The van der Waals surface area contributed by atoms with Crippen LogP contribution in [0.4, 0.5) is 0 Å². The number of carbonyl (C=O) groups excluding carboxylic acids is 2. The van der Waals surface area contributed by atoms with Gasteiger partial charge in [-0.1, -0.05) is 31.9 Å². The minimum Gasteiger partial charge on any atom is -0.465 e. The van der Waals surface area contributed by atoms with Crippen molar-refractivity contribution < 1.29 is 19.1 Å². The molecule has 0 aromatic rings. The summed E-state index contributed by atoms with van der Waals surface area (Å²) in [7, 11) is 0. The van der Waals surface area contributed by atoms with Crippen LogP contribution in [0.2, 0.25) is 0 Å². The molecule has 0 saturated carbocycles. The van der Waals surface area contributed by atoms with E-state index in [-0.39, 0.29) is 11.9 Å². The molecule has 0 aromatic carbocycles. The first-order chi connectivity index (χ1) is 7.02. The lowest BCUT2D eigenvalue weighted by molar-refractivity contribution is -0.143. The monoisotopic (exact) mass is 344 g/mol. The number of rotatable bonds is 6. The minimum absolute atomic E-state index is 0.303. The van der Waals surface area contributed by atoms with E-state index in [2.05, 4.69) is 31.9 Å². The molecule has 2 atom stereocenters. The summed E-state index contributed by atoms with van der Waals surface area (Å²) in [6.45, 7) is 4.11. The lowest BCUT2D eigenvalue weighted by Crippen LogP contribution is -2.26. The molecule has 0 aliphatic carbocycles. The standard InChI is InChI=1S/C9H14Br2O4/c1-3-14-8(12)6(10)5-7(11)9(13)15-4-2/h6-7H,3-5H2,1-2H3/t6-,7?/m1/s1. The molecule has 15 heavy (non-hydrogen) atoms. The van der Waals surface area contributed by atoms with E-state index in [0.29, 0.717) is 19.6 Å². The molecule has 6 heteroatoms. The van der Waals surface area contributed by atoms with Crippen LogP contribution >= 0.6 is 31.9 Å². The summed E-state index contributed by atoms with van der Waals surface area (Å²) in [5, 5.41) is 0. The van der Waals surface area contributed by atoms with Crippen molar-refractivity contribution in [2.24, 2.45) is 0 Å². The molecular weight excluding hydrogens is 332 g/mol. The Bertz CT molecular complexity index is 198. The van der Waals surface area contributed by atoms with Gasteiger partial charge in [0.25, 0.3) is 0 Å². The molecule has 88 valence electrons. The zero-order valence-electron chi connectivity index (χ0n) is 8.66. The van der Waals surface area contributed by atoms with Gasteiger partial charge in [0.15, 0.2) is 0 Å². The van der Waals surface area contributed by atoms with E-state index in [0.717, 1.165) is 0 Å². The fourth-order valence-electron chi connectivity index (χ4n) is 0.839. The summed E-state index contributed by atoms with van der Waals surface area (Å²) in [6.07, 6.45) is 0.303. The minimum atomic E-state index is -0.494. The fraction of sp³-hybridized carbons (Fsp3) is 0.778. The number of hydrogen-bond donors (Lipinski definition) is 0. The molecule has 4 nitrogen and oxygen atoms in total. The molecule has 0 aliphatic heterocycles. The van der Waals surface area contributed by atoms with Crippen molar-refractivity contribution in [2.45, 2.75) is 29.9 Å². The van der Waals surface area contributed by atoms with Gasteiger partial charge in [-0.25, -0.2) is 0 Å². The van der Waals surface area contributed by atoms with Crippen LogP contribution in [0.3, 0.4) is 0 Å². The van der Waals surface area contributed by atoms with Crippen molar-refractivity contribution in [1.82, 2.24) is 0 Å². The van der Waals surface area contributed by atoms with Gasteiger partial charge in [0.2, 0.25) is 0 Å². The molecule has 0 radical (unpaired) electrons. The summed E-state index contributed by atoms with van der Waals surface area (Å²) >= 11 is 6.30. The number of alkyl halides is 2. The van der Waals surface area contributed by atoms with Crippen molar-refractivity contribution in [3.05, 3.63) is 0 Å². The smallest absolute Gasteiger partial charge is 0.319 e. The van der Waals surface area contributed by atoms with Crippen LogP contribution in [0.1, 0.15) is 20.3 Å². The van der Waals surface area contributed by atoms with Gasteiger partial charge in [-0.05, 0) is 20.3 Å². The second-order valence-electron chi connectivity index (χ2n) is 2.67. The first-order valence-electron chi connectivity index (χ1n) is 4.64. The number of carbonyl (C=O) groups is 2. The Kier molecular flexibility index (Phi) is 8.04. The van der Waals surface area contributed by atoms with E-state index in [9.17, 15) is 9.59 Å². The zero-order chi connectivity index (χ0) is 11.8. The van der Waals surface area contributed by atoms with E-state index in [4.69, 9.17) is 9.47 Å². The summed E-state index contributed by atoms with van der Waals surface area (Å²) in [6, 6.07) is 0. The third-order valence-corrected chi connectivity index (χ3v) is 2.99. The highest BCUT2D eigenvalue weighted by atomic mass is 79.9. The normalized spacial score (nSPS) is 14.1. The lowest BCUT2D eigenvalue weighted by atomic mass is 10.2. The van der Waals surface area contributed by atoms with Crippen molar-refractivity contribution in [1.29, 1.82) is 0 Å². The van der Waals surface area contributed by atoms with Gasteiger partial charge < -0.3 is 9.47 Å². The summed E-state index contributed by atoms with van der Waals surface area (Å²) < 4.78 is 9.57. The second-order valence-corrected chi connectivity index (χ2v) is 4.89. The maximum absolute atomic E-state index is 11.2. The maximum Gasteiger partial charge on any atom is 0.319 e. The highest BCUT2D eigenvalue weighted by Gasteiger charge is 2.25. The number of hydrogen-bond acceptors (Lipinski definition) is 4. The Morgan fingerprint density at radius 1 is 1.00 bits per heavy atom. The molecule has 0 rings (SSSR count). The summed E-state index contributed by atoms with van der Waals surface area (Å²) in [5.41, 5.74) is 0. The highest BCUT2D eigenvalue weighted by Crippen LogP contribution is 2.17. The quantitative estimate of drug-likeness (QED) is 0.546. The van der Waals surface area contributed by atoms with Crippen molar-refractivity contribution in [3.8, 4) is 0 Å². The lowest BCUT2D eigenvalue weighted by Gasteiger charge is -2.12. The average molecular weight is 346 g/mol. The van der Waals surface area contributed by atoms with Gasteiger partial charge in [0, 0.05) is 0 Å². The van der Waals surface area contributed by atoms with Crippen molar-refractivity contribution in [2.75, 3.05) is 13.2 Å². The summed E-state index contributed by atoms with van der Waals surface area (Å²) in [5.74, 6) is -0.738. The second kappa shape index (κ2) is 8.10. The van der Waals surface area contributed by atoms with E-state index in [1.807, 2.05) is 0 Å².